The van der Waals surface area contributed by atoms with Crippen molar-refractivity contribution in [1.82, 2.24) is 15.1 Å². The molecular formula is C14H18N4O3S. The smallest absolute Gasteiger partial charge is 0.322 e. The summed E-state index contributed by atoms with van der Waals surface area (Å²) < 4.78 is 11.2. The maximum atomic E-state index is 12.5. The molecule has 0 radical (unpaired) electrons. The topological polar surface area (TPSA) is 80.5 Å². The number of carbonyl (C=O) groups is 1. The highest BCUT2D eigenvalue weighted by molar-refractivity contribution is 7.08. The third kappa shape index (κ3) is 3.12. The number of carbonyl (C=O) groups excluding carboxylic acids is 1. The number of nitrogens with zero attached hydrogens (tertiary/aromatic N) is 3. The molecule has 3 rings (SSSR count). The number of anilines is 1. The molecular weight excluding hydrogens is 304 g/mol. The van der Waals surface area contributed by atoms with Gasteiger partial charge in [-0.1, -0.05) is 13.8 Å². The van der Waals surface area contributed by atoms with E-state index in [4.69, 9.17) is 9.15 Å². The van der Waals surface area contributed by atoms with Crippen molar-refractivity contribution in [2.45, 2.75) is 25.8 Å². The standard InChI is InChI=1S/C14H18N4O3S/c1-9(2)12-16-17-13(21-12)11-7-20-5-4-18(11)14(19)15-10-3-6-22-8-10/h3,6,8-9,11H,4-5,7H2,1-2H3,(H,15,19)/t11-/m1/s1. The van der Waals surface area contributed by atoms with Gasteiger partial charge in [0.2, 0.25) is 11.8 Å². The largest absolute Gasteiger partial charge is 0.423 e. The number of thiophene rings is 1. The molecule has 1 fully saturated rings. The van der Waals surface area contributed by atoms with Crippen LogP contribution in [0.4, 0.5) is 10.5 Å². The Morgan fingerprint density at radius 2 is 2.36 bits per heavy atom. The summed E-state index contributed by atoms with van der Waals surface area (Å²) >= 11 is 1.53. The lowest BCUT2D eigenvalue weighted by Crippen LogP contribution is -2.45. The van der Waals surface area contributed by atoms with Crippen LogP contribution in [-0.4, -0.2) is 40.9 Å². The predicted octanol–water partition coefficient (Wildman–Crippen LogP) is 2.86. The van der Waals surface area contributed by atoms with Crippen LogP contribution in [0.2, 0.25) is 0 Å². The van der Waals surface area contributed by atoms with E-state index in [0.717, 1.165) is 5.69 Å². The van der Waals surface area contributed by atoms with Gasteiger partial charge in [-0.3, -0.25) is 0 Å². The van der Waals surface area contributed by atoms with Crippen LogP contribution in [0.25, 0.3) is 0 Å². The van der Waals surface area contributed by atoms with Crippen molar-refractivity contribution in [1.29, 1.82) is 0 Å². The summed E-state index contributed by atoms with van der Waals surface area (Å²) in [6.45, 7) is 5.31. The van der Waals surface area contributed by atoms with Crippen molar-refractivity contribution in [2.75, 3.05) is 25.1 Å². The lowest BCUT2D eigenvalue weighted by Gasteiger charge is -2.33. The van der Waals surface area contributed by atoms with Gasteiger partial charge in [-0.25, -0.2) is 4.79 Å². The summed E-state index contributed by atoms with van der Waals surface area (Å²) in [6.07, 6.45) is 0. The Labute approximate surface area is 132 Å². The molecule has 118 valence electrons. The molecule has 8 heteroatoms. The first-order valence-electron chi connectivity index (χ1n) is 7.16. The third-order valence-electron chi connectivity index (χ3n) is 3.40. The van der Waals surface area contributed by atoms with Gasteiger partial charge in [0, 0.05) is 17.8 Å². The Morgan fingerprint density at radius 3 is 3.05 bits per heavy atom. The zero-order valence-electron chi connectivity index (χ0n) is 12.5. The summed E-state index contributed by atoms with van der Waals surface area (Å²) in [5.74, 6) is 1.14. The van der Waals surface area contributed by atoms with Crippen molar-refractivity contribution in [2.24, 2.45) is 0 Å². The molecule has 0 saturated carbocycles. The fourth-order valence-corrected chi connectivity index (χ4v) is 2.78. The highest BCUT2D eigenvalue weighted by Gasteiger charge is 2.33. The Hall–Kier alpha value is -1.93. The van der Waals surface area contributed by atoms with E-state index in [1.807, 2.05) is 30.7 Å². The number of hydrogen-bond acceptors (Lipinski definition) is 6. The van der Waals surface area contributed by atoms with E-state index in [9.17, 15) is 4.79 Å². The zero-order valence-corrected chi connectivity index (χ0v) is 13.3. The van der Waals surface area contributed by atoms with Gasteiger partial charge in [-0.15, -0.1) is 10.2 Å². The molecule has 1 N–H and O–H groups in total. The number of nitrogens with one attached hydrogen (secondary N) is 1. The van der Waals surface area contributed by atoms with E-state index < -0.39 is 0 Å². The van der Waals surface area contributed by atoms with Gasteiger partial charge in [-0.05, 0) is 11.4 Å². The number of hydrogen-bond donors (Lipinski definition) is 1. The second-order valence-corrected chi connectivity index (χ2v) is 6.14. The Kier molecular flexibility index (Phi) is 4.39. The first kappa shape index (κ1) is 15.0. The molecule has 1 aliphatic rings. The molecule has 0 spiro atoms. The van der Waals surface area contributed by atoms with Crippen LogP contribution in [0.3, 0.4) is 0 Å². The average molecular weight is 322 g/mol. The van der Waals surface area contributed by atoms with Gasteiger partial charge >= 0.3 is 6.03 Å². The van der Waals surface area contributed by atoms with Crippen LogP contribution in [0.5, 0.6) is 0 Å². The molecule has 1 saturated heterocycles. The summed E-state index contributed by atoms with van der Waals surface area (Å²) in [5.41, 5.74) is 0.786. The third-order valence-corrected chi connectivity index (χ3v) is 4.08. The van der Waals surface area contributed by atoms with Crippen LogP contribution in [-0.2, 0) is 4.74 Å². The normalized spacial score (nSPS) is 18.7. The van der Waals surface area contributed by atoms with Crippen molar-refractivity contribution < 1.29 is 13.9 Å². The molecule has 0 aromatic carbocycles. The number of amides is 2. The summed E-state index contributed by atoms with van der Waals surface area (Å²) in [7, 11) is 0. The Morgan fingerprint density at radius 1 is 1.50 bits per heavy atom. The summed E-state index contributed by atoms with van der Waals surface area (Å²) in [6, 6.07) is 1.32. The zero-order chi connectivity index (χ0) is 15.5. The molecule has 2 aromatic heterocycles. The van der Waals surface area contributed by atoms with E-state index in [-0.39, 0.29) is 18.0 Å². The van der Waals surface area contributed by atoms with Crippen LogP contribution < -0.4 is 5.32 Å². The molecule has 3 heterocycles. The molecule has 22 heavy (non-hydrogen) atoms. The summed E-state index contributed by atoms with van der Waals surface area (Å²) in [4.78, 5) is 14.1. The van der Waals surface area contributed by atoms with Gasteiger partial charge in [0.1, 0.15) is 6.04 Å². The minimum Gasteiger partial charge on any atom is -0.423 e. The SMILES string of the molecule is CC(C)c1nnc([C@H]2COCCN2C(=O)Nc2ccsc2)o1. The maximum absolute atomic E-state index is 12.5. The van der Waals surface area contributed by atoms with Gasteiger partial charge < -0.3 is 19.4 Å². The molecule has 0 bridgehead atoms. The van der Waals surface area contributed by atoms with Gasteiger partial charge in [0.15, 0.2) is 0 Å². The van der Waals surface area contributed by atoms with Crippen LogP contribution in [0.15, 0.2) is 21.2 Å². The van der Waals surface area contributed by atoms with E-state index in [0.29, 0.717) is 31.5 Å². The van der Waals surface area contributed by atoms with Crippen molar-refractivity contribution in [3.8, 4) is 0 Å². The Balaban J connectivity index is 1.76. The number of urea groups is 1. The second-order valence-electron chi connectivity index (χ2n) is 5.36. The van der Waals surface area contributed by atoms with E-state index in [1.54, 1.807) is 4.90 Å². The molecule has 1 aliphatic heterocycles. The van der Waals surface area contributed by atoms with E-state index >= 15 is 0 Å². The minimum absolute atomic E-state index is 0.152. The van der Waals surface area contributed by atoms with Gasteiger partial charge in [0.05, 0.1) is 18.9 Å². The molecule has 2 amide bonds. The number of morpholine rings is 1. The Bertz CT molecular complexity index is 626. The van der Waals surface area contributed by atoms with Crippen molar-refractivity contribution >= 4 is 23.1 Å². The molecule has 1 atom stereocenters. The highest BCUT2D eigenvalue weighted by Crippen LogP contribution is 2.26. The molecule has 2 aromatic rings. The van der Waals surface area contributed by atoms with Gasteiger partial charge in [-0.2, -0.15) is 11.3 Å². The summed E-state index contributed by atoms with van der Waals surface area (Å²) in [5, 5.41) is 14.8. The minimum atomic E-state index is -0.354. The quantitative estimate of drug-likeness (QED) is 0.940. The van der Waals surface area contributed by atoms with Crippen molar-refractivity contribution in [3.05, 3.63) is 28.6 Å². The second kappa shape index (κ2) is 6.45. The fourth-order valence-electron chi connectivity index (χ4n) is 2.20. The fraction of sp³-hybridized carbons (Fsp3) is 0.500. The molecule has 0 aliphatic carbocycles. The van der Waals surface area contributed by atoms with Crippen LogP contribution >= 0.6 is 11.3 Å². The van der Waals surface area contributed by atoms with E-state index in [2.05, 4.69) is 15.5 Å². The maximum Gasteiger partial charge on any atom is 0.322 e. The lowest BCUT2D eigenvalue weighted by atomic mass is 10.2. The van der Waals surface area contributed by atoms with E-state index in [1.165, 1.54) is 11.3 Å². The lowest BCUT2D eigenvalue weighted by molar-refractivity contribution is 0.00494. The average Bonchev–Trinajstić information content (AvgIpc) is 3.18. The highest BCUT2D eigenvalue weighted by atomic mass is 32.1. The molecule has 7 nitrogen and oxygen atoms in total. The monoisotopic (exact) mass is 322 g/mol. The number of aromatic nitrogens is 2. The van der Waals surface area contributed by atoms with Crippen LogP contribution in [0.1, 0.15) is 37.6 Å². The first-order chi connectivity index (χ1) is 10.6. The van der Waals surface area contributed by atoms with Crippen molar-refractivity contribution in [3.63, 3.8) is 0 Å². The first-order valence-corrected chi connectivity index (χ1v) is 8.10. The number of rotatable bonds is 3. The predicted molar refractivity (Wildman–Crippen MR) is 82.0 cm³/mol. The number of ether oxygens (including phenoxy) is 1. The van der Waals surface area contributed by atoms with Gasteiger partial charge in [0.25, 0.3) is 0 Å². The molecule has 0 unspecified atom stereocenters. The van der Waals surface area contributed by atoms with Crippen LogP contribution in [0, 0.1) is 0 Å².